The first-order chi connectivity index (χ1) is 14.3. The van der Waals surface area contributed by atoms with Gasteiger partial charge < -0.3 is 19.4 Å². The van der Waals surface area contributed by atoms with Crippen LogP contribution < -0.4 is 5.32 Å². The van der Waals surface area contributed by atoms with Gasteiger partial charge in [0.15, 0.2) is 0 Å². The predicted molar refractivity (Wildman–Crippen MR) is 117 cm³/mol. The number of amides is 1. The standard InChI is InChI=1S/C21H21ClN2O5S/c1-4-28-20(26)17-12(3)18(21(27)29-5-2)30-19(17)23-16(25)11-24-9-8-13-10-14(22)6-7-15(13)24/h6-10H,4-5,11H2,1-3H3,(H,23,25). The highest BCUT2D eigenvalue weighted by atomic mass is 35.5. The van der Waals surface area contributed by atoms with Gasteiger partial charge in [0.2, 0.25) is 5.91 Å². The van der Waals surface area contributed by atoms with Gasteiger partial charge in [-0.05, 0) is 50.6 Å². The molecule has 0 unspecified atom stereocenters. The lowest BCUT2D eigenvalue weighted by molar-refractivity contribution is -0.116. The summed E-state index contributed by atoms with van der Waals surface area (Å²) in [6, 6.07) is 7.28. The molecule has 0 saturated carbocycles. The Morgan fingerprint density at radius 1 is 1.10 bits per heavy atom. The van der Waals surface area contributed by atoms with Crippen LogP contribution in [0.5, 0.6) is 0 Å². The zero-order chi connectivity index (χ0) is 21.8. The van der Waals surface area contributed by atoms with Crippen molar-refractivity contribution in [3.8, 4) is 0 Å². The first-order valence-electron chi connectivity index (χ1n) is 9.37. The Bertz CT molecular complexity index is 1120. The lowest BCUT2D eigenvalue weighted by atomic mass is 10.1. The molecule has 3 aromatic rings. The molecule has 30 heavy (non-hydrogen) atoms. The lowest BCUT2D eigenvalue weighted by Gasteiger charge is -2.08. The number of aromatic nitrogens is 1. The van der Waals surface area contributed by atoms with Crippen molar-refractivity contribution < 1.29 is 23.9 Å². The van der Waals surface area contributed by atoms with Gasteiger partial charge in [0.25, 0.3) is 0 Å². The van der Waals surface area contributed by atoms with E-state index in [4.69, 9.17) is 21.1 Å². The Hall–Kier alpha value is -2.84. The molecule has 0 aliphatic heterocycles. The fourth-order valence-electron chi connectivity index (χ4n) is 3.07. The van der Waals surface area contributed by atoms with Crippen LogP contribution >= 0.6 is 22.9 Å². The monoisotopic (exact) mass is 448 g/mol. The first-order valence-corrected chi connectivity index (χ1v) is 10.6. The highest BCUT2D eigenvalue weighted by Crippen LogP contribution is 2.34. The number of halogens is 1. The van der Waals surface area contributed by atoms with Crippen molar-refractivity contribution in [2.24, 2.45) is 0 Å². The van der Waals surface area contributed by atoms with Gasteiger partial charge in [0.1, 0.15) is 16.4 Å². The van der Waals surface area contributed by atoms with Gasteiger partial charge >= 0.3 is 11.9 Å². The van der Waals surface area contributed by atoms with Crippen LogP contribution in [0.2, 0.25) is 5.02 Å². The van der Waals surface area contributed by atoms with Crippen molar-refractivity contribution in [3.05, 3.63) is 51.5 Å². The molecule has 2 aromatic heterocycles. The minimum atomic E-state index is -0.599. The van der Waals surface area contributed by atoms with Crippen molar-refractivity contribution in [3.63, 3.8) is 0 Å². The molecule has 0 fully saturated rings. The maximum atomic E-state index is 12.7. The number of carbonyl (C=O) groups excluding carboxylic acids is 3. The Labute approximate surface area is 182 Å². The summed E-state index contributed by atoms with van der Waals surface area (Å²) in [7, 11) is 0. The van der Waals surface area contributed by atoms with Crippen LogP contribution in [-0.2, 0) is 20.8 Å². The van der Waals surface area contributed by atoms with Crippen molar-refractivity contribution >= 4 is 56.7 Å². The summed E-state index contributed by atoms with van der Waals surface area (Å²) in [5.41, 5.74) is 1.45. The molecule has 7 nitrogen and oxygen atoms in total. The Morgan fingerprint density at radius 3 is 2.50 bits per heavy atom. The molecular formula is C21H21ClN2O5S. The van der Waals surface area contributed by atoms with E-state index in [0.29, 0.717) is 10.6 Å². The van der Waals surface area contributed by atoms with Gasteiger partial charge in [-0.3, -0.25) is 4.79 Å². The van der Waals surface area contributed by atoms with Gasteiger partial charge in [-0.25, -0.2) is 9.59 Å². The highest BCUT2D eigenvalue weighted by Gasteiger charge is 2.27. The number of carbonyl (C=O) groups is 3. The van der Waals surface area contributed by atoms with Crippen molar-refractivity contribution in [1.29, 1.82) is 0 Å². The average molecular weight is 449 g/mol. The second kappa shape index (κ2) is 9.32. The Balaban J connectivity index is 1.88. The van der Waals surface area contributed by atoms with Crippen molar-refractivity contribution in [2.45, 2.75) is 27.3 Å². The molecule has 3 rings (SSSR count). The van der Waals surface area contributed by atoms with Gasteiger partial charge in [0.05, 0.1) is 18.8 Å². The third kappa shape index (κ3) is 4.49. The highest BCUT2D eigenvalue weighted by molar-refractivity contribution is 7.18. The van der Waals surface area contributed by atoms with Crippen LogP contribution in [0.3, 0.4) is 0 Å². The number of hydrogen-bond donors (Lipinski definition) is 1. The lowest BCUT2D eigenvalue weighted by Crippen LogP contribution is -2.19. The third-order valence-corrected chi connectivity index (χ3v) is 5.81. The summed E-state index contributed by atoms with van der Waals surface area (Å²) in [6.07, 6.45) is 1.79. The second-order valence-corrected chi connectivity index (χ2v) is 7.85. The van der Waals surface area contributed by atoms with Crippen LogP contribution in [0.4, 0.5) is 5.00 Å². The van der Waals surface area contributed by atoms with E-state index >= 15 is 0 Å². The third-order valence-electron chi connectivity index (χ3n) is 4.39. The smallest absolute Gasteiger partial charge is 0.348 e. The van der Waals surface area contributed by atoms with E-state index in [1.165, 1.54) is 0 Å². The average Bonchev–Trinajstić information content (AvgIpc) is 3.22. The van der Waals surface area contributed by atoms with E-state index < -0.39 is 11.9 Å². The summed E-state index contributed by atoms with van der Waals surface area (Å²) in [5.74, 6) is -1.48. The number of hydrogen-bond acceptors (Lipinski definition) is 6. The van der Waals surface area contributed by atoms with Crippen LogP contribution in [0.15, 0.2) is 30.5 Å². The van der Waals surface area contributed by atoms with E-state index in [1.807, 2.05) is 18.2 Å². The molecule has 0 spiro atoms. The normalized spacial score (nSPS) is 10.8. The quantitative estimate of drug-likeness (QED) is 0.531. The number of esters is 2. The van der Waals surface area contributed by atoms with E-state index in [9.17, 15) is 14.4 Å². The van der Waals surface area contributed by atoms with Crippen LogP contribution in [-0.4, -0.2) is 35.6 Å². The van der Waals surface area contributed by atoms with Crippen molar-refractivity contribution in [1.82, 2.24) is 4.57 Å². The number of thiophene rings is 1. The van der Waals surface area contributed by atoms with Crippen LogP contribution in [0, 0.1) is 6.92 Å². The number of fused-ring (bicyclic) bond motifs is 1. The summed E-state index contributed by atoms with van der Waals surface area (Å²) in [6.45, 7) is 5.43. The fraction of sp³-hybridized carbons (Fsp3) is 0.286. The summed E-state index contributed by atoms with van der Waals surface area (Å²) in [5, 5.41) is 4.54. The molecule has 1 N–H and O–H groups in total. The van der Waals surface area contributed by atoms with E-state index in [2.05, 4.69) is 5.32 Å². The van der Waals surface area contributed by atoms with Crippen LogP contribution in [0.25, 0.3) is 10.9 Å². The van der Waals surface area contributed by atoms with E-state index in [0.717, 1.165) is 22.2 Å². The fourth-order valence-corrected chi connectivity index (χ4v) is 4.36. The minimum Gasteiger partial charge on any atom is -0.462 e. The number of ether oxygens (including phenoxy) is 2. The summed E-state index contributed by atoms with van der Waals surface area (Å²) < 4.78 is 11.9. The molecule has 0 atom stereocenters. The van der Waals surface area contributed by atoms with Gasteiger partial charge in [-0.1, -0.05) is 11.6 Å². The molecule has 9 heteroatoms. The molecular weight excluding hydrogens is 428 g/mol. The molecule has 0 aliphatic carbocycles. The minimum absolute atomic E-state index is 0.0269. The summed E-state index contributed by atoms with van der Waals surface area (Å²) in [4.78, 5) is 37.7. The zero-order valence-electron chi connectivity index (χ0n) is 16.8. The first kappa shape index (κ1) is 21.9. The number of anilines is 1. The maximum absolute atomic E-state index is 12.7. The number of rotatable bonds is 7. The van der Waals surface area contributed by atoms with Gasteiger partial charge in [0, 0.05) is 22.1 Å². The van der Waals surface area contributed by atoms with Gasteiger partial charge in [-0.2, -0.15) is 0 Å². The van der Waals surface area contributed by atoms with Crippen molar-refractivity contribution in [2.75, 3.05) is 18.5 Å². The number of nitrogens with zero attached hydrogens (tertiary/aromatic N) is 1. The van der Waals surface area contributed by atoms with Gasteiger partial charge in [-0.15, -0.1) is 11.3 Å². The second-order valence-electron chi connectivity index (χ2n) is 6.40. The van der Waals surface area contributed by atoms with E-state index in [1.54, 1.807) is 37.6 Å². The number of nitrogens with one attached hydrogen (secondary N) is 1. The molecule has 2 heterocycles. The molecule has 0 aliphatic rings. The molecule has 0 bridgehead atoms. The zero-order valence-corrected chi connectivity index (χ0v) is 18.4. The molecule has 0 radical (unpaired) electrons. The Morgan fingerprint density at radius 2 is 1.80 bits per heavy atom. The Kier molecular flexibility index (Phi) is 6.79. The predicted octanol–water partition coefficient (Wildman–Crippen LogP) is 4.66. The maximum Gasteiger partial charge on any atom is 0.348 e. The summed E-state index contributed by atoms with van der Waals surface area (Å²) >= 11 is 7.01. The van der Waals surface area contributed by atoms with Crippen LogP contribution in [0.1, 0.15) is 39.4 Å². The SMILES string of the molecule is CCOC(=O)c1sc(NC(=O)Cn2ccc3cc(Cl)ccc32)c(C(=O)OCC)c1C. The molecule has 0 saturated heterocycles. The molecule has 1 amide bonds. The largest absolute Gasteiger partial charge is 0.462 e. The molecule has 158 valence electrons. The topological polar surface area (TPSA) is 86.6 Å². The van der Waals surface area contributed by atoms with E-state index in [-0.39, 0.29) is 41.1 Å². The molecule has 1 aromatic carbocycles. The number of benzene rings is 1.